The molecule has 0 saturated heterocycles. The van der Waals surface area contributed by atoms with Gasteiger partial charge in [-0.2, -0.15) is 0 Å². The molecule has 0 atom stereocenters. The number of carbonyl (C=O) groups excluding carboxylic acids is 2. The Kier molecular flexibility index (Phi) is 7.94. The third kappa shape index (κ3) is 7.59. The maximum atomic E-state index is 11.9. The van der Waals surface area contributed by atoms with E-state index in [0.29, 0.717) is 19.6 Å². The highest BCUT2D eigenvalue weighted by atomic mass is 16.5. The molecule has 0 saturated carbocycles. The van der Waals surface area contributed by atoms with Crippen molar-refractivity contribution in [2.24, 2.45) is 5.73 Å². The number of ether oxygens (including phenoxy) is 1. The van der Waals surface area contributed by atoms with Crippen molar-refractivity contribution in [1.29, 1.82) is 0 Å². The van der Waals surface area contributed by atoms with E-state index in [1.54, 1.807) is 0 Å². The average Bonchev–Trinajstić information content (AvgIpc) is 2.48. The second kappa shape index (κ2) is 9.44. The first-order valence-electron chi connectivity index (χ1n) is 8.91. The summed E-state index contributed by atoms with van der Waals surface area (Å²) in [6.07, 6.45) is 2.81. The van der Waals surface area contributed by atoms with Crippen LogP contribution in [0.4, 0.5) is 4.79 Å². The summed E-state index contributed by atoms with van der Waals surface area (Å²) >= 11 is 0. The van der Waals surface area contributed by atoms with E-state index in [0.717, 1.165) is 36.0 Å². The number of nitrogens with one attached hydrogen (secondary N) is 1. The molecule has 3 N–H and O–H groups in total. The number of carbonyl (C=O) groups is 2. The van der Waals surface area contributed by atoms with Gasteiger partial charge in [0.25, 0.3) is 0 Å². The Balaban J connectivity index is 2.42. The van der Waals surface area contributed by atoms with Crippen LogP contribution in [0.1, 0.15) is 68.7 Å². The Morgan fingerprint density at radius 1 is 1.08 bits per heavy atom. The van der Waals surface area contributed by atoms with Crippen molar-refractivity contribution in [3.05, 3.63) is 34.4 Å². The van der Waals surface area contributed by atoms with Crippen LogP contribution in [0, 0.1) is 13.8 Å². The first-order chi connectivity index (χ1) is 11.6. The van der Waals surface area contributed by atoms with Gasteiger partial charge in [0.1, 0.15) is 6.61 Å². The van der Waals surface area contributed by atoms with Crippen molar-refractivity contribution < 1.29 is 14.3 Å². The number of nitrogens with two attached hydrogens (primary N) is 1. The molecule has 0 spiro atoms. The second-order valence-electron chi connectivity index (χ2n) is 7.60. The molecule has 25 heavy (non-hydrogen) atoms. The van der Waals surface area contributed by atoms with Crippen LogP contribution in [0.15, 0.2) is 12.1 Å². The van der Waals surface area contributed by atoms with Crippen molar-refractivity contribution in [2.75, 3.05) is 6.54 Å². The van der Waals surface area contributed by atoms with E-state index in [1.807, 2.05) is 0 Å². The fourth-order valence-corrected chi connectivity index (χ4v) is 2.66. The summed E-state index contributed by atoms with van der Waals surface area (Å²) in [5.41, 5.74) is 9.80. The second-order valence-corrected chi connectivity index (χ2v) is 7.60. The zero-order chi connectivity index (χ0) is 19.0. The average molecular weight is 348 g/mol. The Labute approximate surface area is 151 Å². The third-order valence-corrected chi connectivity index (χ3v) is 4.30. The molecule has 2 amide bonds. The molecule has 1 aromatic rings. The van der Waals surface area contributed by atoms with E-state index in [1.165, 1.54) is 5.56 Å². The van der Waals surface area contributed by atoms with Gasteiger partial charge in [-0.25, -0.2) is 4.79 Å². The molecule has 0 radical (unpaired) electrons. The van der Waals surface area contributed by atoms with Crippen molar-refractivity contribution in [2.45, 2.75) is 72.3 Å². The number of primary amides is 1. The molecule has 5 heteroatoms. The first-order valence-corrected chi connectivity index (χ1v) is 8.91. The molecule has 1 rings (SSSR count). The minimum absolute atomic E-state index is 0.105. The zero-order valence-corrected chi connectivity index (χ0v) is 16.2. The van der Waals surface area contributed by atoms with Crippen molar-refractivity contribution >= 4 is 12.0 Å². The molecule has 0 fully saturated rings. The summed E-state index contributed by atoms with van der Waals surface area (Å²) in [6, 6.07) is 3.85. The maximum Gasteiger partial charge on any atom is 0.312 e. The van der Waals surface area contributed by atoms with Gasteiger partial charge in [0.15, 0.2) is 0 Å². The van der Waals surface area contributed by atoms with Gasteiger partial charge >= 0.3 is 12.0 Å². The molecule has 0 unspecified atom stereocenters. The fourth-order valence-electron chi connectivity index (χ4n) is 2.66. The molecule has 1 aromatic carbocycles. The lowest BCUT2D eigenvalue weighted by atomic mass is 9.84. The van der Waals surface area contributed by atoms with Gasteiger partial charge in [0.2, 0.25) is 0 Å². The van der Waals surface area contributed by atoms with E-state index in [9.17, 15) is 9.59 Å². The summed E-state index contributed by atoms with van der Waals surface area (Å²) in [6.45, 7) is 11.6. The Bertz CT molecular complexity index is 580. The van der Waals surface area contributed by atoms with Crippen LogP contribution in [0.5, 0.6) is 0 Å². The zero-order valence-electron chi connectivity index (χ0n) is 16.2. The topological polar surface area (TPSA) is 81.4 Å². The smallest absolute Gasteiger partial charge is 0.312 e. The lowest BCUT2D eigenvalue weighted by molar-refractivity contribution is -0.145. The predicted molar refractivity (Wildman–Crippen MR) is 100 cm³/mol. The van der Waals surface area contributed by atoms with Crippen LogP contribution in [0.25, 0.3) is 0 Å². The number of aryl methyl sites for hydroxylation is 2. The fraction of sp³-hybridized carbons (Fsp3) is 0.600. The number of unbranched alkanes of at least 4 members (excludes halogenated alkanes) is 2. The monoisotopic (exact) mass is 348 g/mol. The first kappa shape index (κ1) is 21.0. The van der Waals surface area contributed by atoms with E-state index < -0.39 is 6.03 Å². The number of hydrogen-bond acceptors (Lipinski definition) is 3. The van der Waals surface area contributed by atoms with Gasteiger partial charge in [-0.1, -0.05) is 39.3 Å². The third-order valence-electron chi connectivity index (χ3n) is 4.30. The highest BCUT2D eigenvalue weighted by Gasteiger charge is 2.16. The highest BCUT2D eigenvalue weighted by molar-refractivity contribution is 5.71. The molecule has 5 nitrogen and oxygen atoms in total. The van der Waals surface area contributed by atoms with Gasteiger partial charge in [0, 0.05) is 13.0 Å². The van der Waals surface area contributed by atoms with Crippen molar-refractivity contribution in [1.82, 2.24) is 5.32 Å². The van der Waals surface area contributed by atoms with E-state index in [4.69, 9.17) is 10.5 Å². The Morgan fingerprint density at radius 3 is 2.20 bits per heavy atom. The quantitative estimate of drug-likeness (QED) is 0.552. The van der Waals surface area contributed by atoms with Crippen LogP contribution in [0.3, 0.4) is 0 Å². The van der Waals surface area contributed by atoms with Crippen LogP contribution >= 0.6 is 0 Å². The molecular formula is C20H32N2O3. The summed E-state index contributed by atoms with van der Waals surface area (Å²) in [7, 11) is 0. The van der Waals surface area contributed by atoms with Crippen LogP contribution in [-0.2, 0) is 21.6 Å². The molecule has 140 valence electrons. The van der Waals surface area contributed by atoms with Gasteiger partial charge < -0.3 is 15.8 Å². The summed E-state index contributed by atoms with van der Waals surface area (Å²) in [5, 5.41) is 2.53. The normalized spacial score (nSPS) is 11.2. The van der Waals surface area contributed by atoms with Crippen molar-refractivity contribution in [3.8, 4) is 0 Å². The highest BCUT2D eigenvalue weighted by Crippen LogP contribution is 2.27. The minimum atomic E-state index is -0.511. The number of amides is 2. The SMILES string of the molecule is Cc1cc(C(C)(C)C)cc(C)c1COC(=O)CCCCCNC(N)=O. The van der Waals surface area contributed by atoms with Crippen molar-refractivity contribution in [3.63, 3.8) is 0 Å². The lowest BCUT2D eigenvalue weighted by Gasteiger charge is -2.22. The van der Waals surface area contributed by atoms with Gasteiger partial charge in [0.05, 0.1) is 0 Å². The Hall–Kier alpha value is -2.04. The number of hydrogen-bond donors (Lipinski definition) is 2. The molecule has 0 bridgehead atoms. The number of rotatable bonds is 8. The predicted octanol–water partition coefficient (Wildman–Crippen LogP) is 3.87. The molecular weight excluding hydrogens is 316 g/mol. The molecule has 0 aliphatic carbocycles. The van der Waals surface area contributed by atoms with E-state index in [-0.39, 0.29) is 11.4 Å². The van der Waals surface area contributed by atoms with Gasteiger partial charge in [-0.15, -0.1) is 0 Å². The van der Waals surface area contributed by atoms with E-state index >= 15 is 0 Å². The number of benzene rings is 1. The largest absolute Gasteiger partial charge is 0.461 e. The minimum Gasteiger partial charge on any atom is -0.461 e. The van der Waals surface area contributed by atoms with Crippen LogP contribution in [0.2, 0.25) is 0 Å². The van der Waals surface area contributed by atoms with Crippen LogP contribution in [-0.4, -0.2) is 18.5 Å². The lowest BCUT2D eigenvalue weighted by Crippen LogP contribution is -2.29. The van der Waals surface area contributed by atoms with Gasteiger partial charge in [-0.05, 0) is 54.4 Å². The summed E-state index contributed by atoms with van der Waals surface area (Å²) < 4.78 is 5.43. The number of esters is 1. The summed E-state index contributed by atoms with van der Waals surface area (Å²) in [4.78, 5) is 22.4. The molecule has 0 aromatic heterocycles. The Morgan fingerprint density at radius 2 is 1.68 bits per heavy atom. The standard InChI is InChI=1S/C20H32N2O3/c1-14-11-16(20(3,4)5)12-15(2)17(14)13-25-18(23)9-7-6-8-10-22-19(21)24/h11-12H,6-10,13H2,1-5H3,(H3,21,22,24). The van der Waals surface area contributed by atoms with Crippen LogP contribution < -0.4 is 11.1 Å². The molecule has 0 aliphatic rings. The summed E-state index contributed by atoms with van der Waals surface area (Å²) in [5.74, 6) is -0.179. The number of urea groups is 1. The molecule has 0 heterocycles. The van der Waals surface area contributed by atoms with Gasteiger partial charge in [-0.3, -0.25) is 4.79 Å². The molecule has 0 aliphatic heterocycles. The maximum absolute atomic E-state index is 11.9. The van der Waals surface area contributed by atoms with E-state index in [2.05, 4.69) is 52.1 Å².